The van der Waals surface area contributed by atoms with Crippen molar-refractivity contribution in [1.29, 1.82) is 0 Å². The first-order valence-corrected chi connectivity index (χ1v) is 9.30. The number of rotatable bonds is 6. The zero-order valence-corrected chi connectivity index (χ0v) is 15.5. The molecule has 148 valence electrons. The highest BCUT2D eigenvalue weighted by atomic mass is 19.1. The van der Waals surface area contributed by atoms with Crippen molar-refractivity contribution in [2.24, 2.45) is 0 Å². The number of halogens is 2. The maximum absolute atomic E-state index is 14.2. The number of carbonyl (C=O) groups excluding carboxylic acids is 1. The molecule has 4 rings (SSSR count). The molecule has 3 aromatic rings. The van der Waals surface area contributed by atoms with Gasteiger partial charge in [-0.15, -0.1) is 0 Å². The van der Waals surface area contributed by atoms with E-state index in [-0.39, 0.29) is 22.5 Å². The monoisotopic (exact) mass is 395 g/mol. The van der Waals surface area contributed by atoms with Crippen molar-refractivity contribution in [3.63, 3.8) is 0 Å². The fraction of sp³-hybridized carbons (Fsp3) is 0.238. The molecule has 1 aliphatic carbocycles. The molecule has 0 spiro atoms. The van der Waals surface area contributed by atoms with Crippen LogP contribution in [-0.4, -0.2) is 27.4 Å². The number of hydrogen-bond donors (Lipinski definition) is 2. The van der Waals surface area contributed by atoms with Gasteiger partial charge in [-0.2, -0.15) is 0 Å². The third-order valence-corrected chi connectivity index (χ3v) is 5.19. The zero-order chi connectivity index (χ0) is 20.3. The van der Waals surface area contributed by atoms with E-state index >= 15 is 0 Å². The summed E-state index contributed by atoms with van der Waals surface area (Å²) in [5, 5.41) is 5.60. The van der Waals surface area contributed by atoms with Gasteiger partial charge in [0.05, 0.1) is 16.9 Å². The average Bonchev–Trinajstić information content (AvgIpc) is 2.70. The number of hydrogen-bond acceptors (Lipinski definition) is 5. The van der Waals surface area contributed by atoms with E-state index in [4.69, 9.17) is 0 Å². The minimum absolute atomic E-state index is 0.0871. The lowest BCUT2D eigenvalue weighted by Gasteiger charge is -2.41. The van der Waals surface area contributed by atoms with Crippen LogP contribution in [0.5, 0.6) is 0 Å². The molecule has 0 saturated heterocycles. The quantitative estimate of drug-likeness (QED) is 0.661. The molecule has 1 aliphatic rings. The number of aromatic nitrogens is 3. The smallest absolute Gasteiger partial charge is 0.258 e. The molecule has 2 heterocycles. The Morgan fingerprint density at radius 3 is 2.38 bits per heavy atom. The van der Waals surface area contributed by atoms with Crippen LogP contribution < -0.4 is 10.6 Å². The lowest BCUT2D eigenvalue weighted by molar-refractivity contribution is 0.102. The van der Waals surface area contributed by atoms with E-state index in [9.17, 15) is 13.6 Å². The highest BCUT2D eigenvalue weighted by Gasteiger charge is 2.41. The first kappa shape index (κ1) is 18.9. The Kier molecular flexibility index (Phi) is 5.16. The molecule has 1 fully saturated rings. The Hall–Kier alpha value is -3.42. The lowest BCUT2D eigenvalue weighted by Crippen LogP contribution is -2.42. The number of anilines is 2. The fourth-order valence-corrected chi connectivity index (χ4v) is 3.42. The van der Waals surface area contributed by atoms with Crippen molar-refractivity contribution in [2.75, 3.05) is 17.2 Å². The van der Waals surface area contributed by atoms with E-state index in [0.29, 0.717) is 18.2 Å². The molecule has 2 N–H and O–H groups in total. The minimum atomic E-state index is -0.521. The lowest BCUT2D eigenvalue weighted by atomic mass is 9.66. The van der Waals surface area contributed by atoms with Crippen molar-refractivity contribution < 1.29 is 13.6 Å². The molecule has 0 atom stereocenters. The summed E-state index contributed by atoms with van der Waals surface area (Å²) in [7, 11) is 0. The van der Waals surface area contributed by atoms with Gasteiger partial charge in [-0.1, -0.05) is 18.6 Å². The molecular weight excluding hydrogens is 376 g/mol. The number of nitrogens with one attached hydrogen (secondary N) is 2. The summed E-state index contributed by atoms with van der Waals surface area (Å²) in [6.07, 6.45) is 6.99. The predicted molar refractivity (Wildman–Crippen MR) is 105 cm³/mol. The molecule has 1 saturated carbocycles. The number of para-hydroxylation sites is 1. The Labute approximate surface area is 166 Å². The van der Waals surface area contributed by atoms with Gasteiger partial charge in [-0.3, -0.25) is 9.78 Å². The molecular formula is C21H19F2N5O. The summed E-state index contributed by atoms with van der Waals surface area (Å²) < 4.78 is 27.8. The van der Waals surface area contributed by atoms with E-state index in [1.54, 1.807) is 24.4 Å². The van der Waals surface area contributed by atoms with Crippen LogP contribution in [0.1, 0.15) is 35.3 Å². The van der Waals surface area contributed by atoms with E-state index in [2.05, 4.69) is 25.6 Å². The number of amides is 1. The third-order valence-electron chi connectivity index (χ3n) is 5.19. The van der Waals surface area contributed by atoms with Crippen molar-refractivity contribution >= 4 is 17.5 Å². The van der Waals surface area contributed by atoms with E-state index in [0.717, 1.165) is 19.3 Å². The highest BCUT2D eigenvalue weighted by molar-refractivity contribution is 6.03. The van der Waals surface area contributed by atoms with Gasteiger partial charge in [0.15, 0.2) is 0 Å². The normalized spacial score (nSPS) is 14.7. The molecule has 0 aliphatic heterocycles. The topological polar surface area (TPSA) is 79.8 Å². The van der Waals surface area contributed by atoms with Crippen LogP contribution in [0.2, 0.25) is 0 Å². The van der Waals surface area contributed by atoms with Gasteiger partial charge in [0.2, 0.25) is 5.95 Å². The van der Waals surface area contributed by atoms with Crippen molar-refractivity contribution in [3.05, 3.63) is 77.9 Å². The molecule has 1 aromatic carbocycles. The van der Waals surface area contributed by atoms with Gasteiger partial charge in [0, 0.05) is 30.6 Å². The second-order valence-corrected chi connectivity index (χ2v) is 7.05. The SMILES string of the molecule is O=C(Nc1ccccc1F)c1cnc(NCC2(c3ncccc3F)CCC2)nc1. The van der Waals surface area contributed by atoms with Gasteiger partial charge in [0.1, 0.15) is 11.6 Å². The highest BCUT2D eigenvalue weighted by Crippen LogP contribution is 2.43. The van der Waals surface area contributed by atoms with Crippen molar-refractivity contribution in [3.8, 4) is 0 Å². The maximum atomic E-state index is 14.2. The maximum Gasteiger partial charge on any atom is 0.258 e. The second kappa shape index (κ2) is 7.90. The minimum Gasteiger partial charge on any atom is -0.353 e. The van der Waals surface area contributed by atoms with Crippen LogP contribution in [0.15, 0.2) is 55.0 Å². The Bertz CT molecular complexity index is 1020. The Balaban J connectivity index is 1.41. The van der Waals surface area contributed by atoms with E-state index in [1.165, 1.54) is 30.6 Å². The average molecular weight is 395 g/mol. The van der Waals surface area contributed by atoms with Crippen LogP contribution in [0, 0.1) is 11.6 Å². The van der Waals surface area contributed by atoms with Gasteiger partial charge in [-0.25, -0.2) is 18.7 Å². The van der Waals surface area contributed by atoms with Crippen LogP contribution in [0.3, 0.4) is 0 Å². The molecule has 2 aromatic heterocycles. The number of carbonyl (C=O) groups is 1. The van der Waals surface area contributed by atoms with Crippen LogP contribution in [-0.2, 0) is 5.41 Å². The van der Waals surface area contributed by atoms with Gasteiger partial charge >= 0.3 is 0 Å². The van der Waals surface area contributed by atoms with E-state index < -0.39 is 11.7 Å². The Morgan fingerprint density at radius 1 is 1.00 bits per heavy atom. The van der Waals surface area contributed by atoms with Crippen molar-refractivity contribution in [2.45, 2.75) is 24.7 Å². The van der Waals surface area contributed by atoms with E-state index in [1.807, 2.05) is 0 Å². The van der Waals surface area contributed by atoms with Crippen LogP contribution in [0.4, 0.5) is 20.4 Å². The van der Waals surface area contributed by atoms with Crippen molar-refractivity contribution in [1.82, 2.24) is 15.0 Å². The predicted octanol–water partition coefficient (Wildman–Crippen LogP) is 3.94. The number of benzene rings is 1. The van der Waals surface area contributed by atoms with Crippen LogP contribution >= 0.6 is 0 Å². The molecule has 6 nitrogen and oxygen atoms in total. The summed E-state index contributed by atoms with van der Waals surface area (Å²) in [6, 6.07) is 8.90. The van der Waals surface area contributed by atoms with Gasteiger partial charge < -0.3 is 10.6 Å². The first-order valence-electron chi connectivity index (χ1n) is 9.30. The molecule has 1 amide bonds. The first-order chi connectivity index (χ1) is 14.1. The molecule has 0 radical (unpaired) electrons. The standard InChI is InChI=1S/C21H19F2N5O/c22-15-5-1-2-7-17(15)28-19(29)14-11-25-20(26-12-14)27-13-21(8-4-9-21)18-16(23)6-3-10-24-18/h1-3,5-7,10-12H,4,8-9,13H2,(H,28,29)(H,25,26,27). The molecule has 8 heteroatoms. The number of nitrogens with zero attached hydrogens (tertiary/aromatic N) is 3. The molecule has 0 unspecified atom stereocenters. The third kappa shape index (κ3) is 3.91. The summed E-state index contributed by atoms with van der Waals surface area (Å²) in [5.41, 5.74) is 0.367. The molecule has 0 bridgehead atoms. The summed E-state index contributed by atoms with van der Waals surface area (Å²) in [4.78, 5) is 24.8. The number of pyridine rings is 1. The fourth-order valence-electron chi connectivity index (χ4n) is 3.42. The second-order valence-electron chi connectivity index (χ2n) is 7.05. The summed E-state index contributed by atoms with van der Waals surface area (Å²) in [5.74, 6) is -1.01. The van der Waals surface area contributed by atoms with Gasteiger partial charge in [0.25, 0.3) is 5.91 Å². The molecule has 29 heavy (non-hydrogen) atoms. The summed E-state index contributed by atoms with van der Waals surface area (Å²) >= 11 is 0. The zero-order valence-electron chi connectivity index (χ0n) is 15.5. The largest absolute Gasteiger partial charge is 0.353 e. The van der Waals surface area contributed by atoms with Crippen LogP contribution in [0.25, 0.3) is 0 Å². The summed E-state index contributed by atoms with van der Waals surface area (Å²) in [6.45, 7) is 0.446. The Morgan fingerprint density at radius 2 is 1.72 bits per heavy atom. The van der Waals surface area contributed by atoms with Gasteiger partial charge in [-0.05, 0) is 37.1 Å².